The molecule has 0 saturated heterocycles. The summed E-state index contributed by atoms with van der Waals surface area (Å²) in [5.74, 6) is 0.303. The van der Waals surface area contributed by atoms with Crippen LogP contribution in [0.3, 0.4) is 0 Å². The normalized spacial score (nSPS) is 18.3. The zero-order valence-corrected chi connectivity index (χ0v) is 14.0. The third kappa shape index (κ3) is 3.68. The molecule has 1 N–H and O–H groups in total. The lowest BCUT2D eigenvalue weighted by atomic mass is 10.0. The van der Waals surface area contributed by atoms with Gasteiger partial charge >= 0.3 is 0 Å². The van der Waals surface area contributed by atoms with Crippen LogP contribution in [0.5, 0.6) is 0 Å². The second-order valence-corrected chi connectivity index (χ2v) is 8.92. The predicted octanol–water partition coefficient (Wildman–Crippen LogP) is 3.32. The Morgan fingerprint density at radius 3 is 2.45 bits per heavy atom. The van der Waals surface area contributed by atoms with E-state index in [9.17, 15) is 8.42 Å². The molecule has 1 saturated carbocycles. The summed E-state index contributed by atoms with van der Waals surface area (Å²) < 4.78 is 23.0. The first kappa shape index (κ1) is 15.5. The summed E-state index contributed by atoms with van der Waals surface area (Å²) >= 11 is 0. The van der Waals surface area contributed by atoms with Gasteiger partial charge in [-0.25, -0.2) is 8.42 Å². The molecule has 2 aromatic rings. The average molecular weight is 317 g/mol. The van der Waals surface area contributed by atoms with Crippen LogP contribution in [0.1, 0.15) is 31.4 Å². The summed E-state index contributed by atoms with van der Waals surface area (Å²) in [5.41, 5.74) is 1.22. The number of fused-ring (bicyclic) bond motifs is 1. The molecule has 0 heterocycles. The van der Waals surface area contributed by atoms with Crippen LogP contribution < -0.4 is 5.32 Å². The van der Waals surface area contributed by atoms with E-state index >= 15 is 0 Å². The van der Waals surface area contributed by atoms with E-state index in [1.54, 1.807) is 0 Å². The van der Waals surface area contributed by atoms with Crippen LogP contribution in [0.15, 0.2) is 42.5 Å². The van der Waals surface area contributed by atoms with E-state index in [0.717, 1.165) is 19.4 Å². The minimum absolute atomic E-state index is 0.0291. The van der Waals surface area contributed by atoms with E-state index in [1.807, 2.05) is 6.07 Å². The molecule has 2 aromatic carbocycles. The molecule has 1 aliphatic rings. The molecule has 0 amide bonds. The maximum Gasteiger partial charge on any atom is 0.148 e. The number of sulfone groups is 1. The van der Waals surface area contributed by atoms with E-state index in [2.05, 4.69) is 48.6 Å². The topological polar surface area (TPSA) is 46.2 Å². The van der Waals surface area contributed by atoms with E-state index in [-0.39, 0.29) is 11.5 Å². The Hall–Kier alpha value is -1.39. The molecule has 3 rings (SSSR count). The van der Waals surface area contributed by atoms with Crippen molar-refractivity contribution in [1.29, 1.82) is 0 Å². The lowest BCUT2D eigenvalue weighted by Crippen LogP contribution is -2.31. The number of rotatable bonds is 6. The van der Waals surface area contributed by atoms with Crippen LogP contribution >= 0.6 is 0 Å². The second-order valence-electron chi connectivity index (χ2n) is 6.78. The van der Waals surface area contributed by atoms with Gasteiger partial charge in [0.15, 0.2) is 0 Å². The van der Waals surface area contributed by atoms with Gasteiger partial charge in [0.1, 0.15) is 9.84 Å². The zero-order chi connectivity index (χ0) is 15.8. The highest BCUT2D eigenvalue weighted by atomic mass is 32.2. The quantitative estimate of drug-likeness (QED) is 0.889. The van der Waals surface area contributed by atoms with Crippen molar-refractivity contribution in [3.63, 3.8) is 0 Å². The molecule has 3 nitrogen and oxygen atoms in total. The first-order chi connectivity index (χ1) is 10.4. The van der Waals surface area contributed by atoms with Crippen molar-refractivity contribution in [2.24, 2.45) is 5.41 Å². The lowest BCUT2D eigenvalue weighted by Gasteiger charge is -2.20. The maximum atomic E-state index is 11.5. The van der Waals surface area contributed by atoms with E-state index in [1.165, 1.54) is 22.6 Å². The molecule has 0 aromatic heterocycles. The van der Waals surface area contributed by atoms with Crippen molar-refractivity contribution >= 4 is 20.6 Å². The van der Waals surface area contributed by atoms with Gasteiger partial charge in [0.05, 0.1) is 5.75 Å². The summed E-state index contributed by atoms with van der Waals surface area (Å²) in [5, 5.41) is 6.01. The number of hydrogen-bond acceptors (Lipinski definition) is 3. The molecule has 0 bridgehead atoms. The summed E-state index contributed by atoms with van der Waals surface area (Å²) in [6, 6.07) is 15.1. The Labute approximate surface area is 132 Å². The largest absolute Gasteiger partial charge is 0.310 e. The number of nitrogens with one attached hydrogen (secondary N) is 1. The Morgan fingerprint density at radius 1 is 1.14 bits per heavy atom. The van der Waals surface area contributed by atoms with Crippen molar-refractivity contribution in [1.82, 2.24) is 5.32 Å². The fraction of sp³-hybridized carbons (Fsp3) is 0.444. The summed E-state index contributed by atoms with van der Waals surface area (Å²) in [4.78, 5) is 0. The van der Waals surface area contributed by atoms with E-state index < -0.39 is 9.84 Å². The zero-order valence-electron chi connectivity index (χ0n) is 13.2. The Morgan fingerprint density at radius 2 is 1.82 bits per heavy atom. The molecule has 0 unspecified atom stereocenters. The summed E-state index contributed by atoms with van der Waals surface area (Å²) in [6.07, 6.45) is 3.36. The van der Waals surface area contributed by atoms with E-state index in [0.29, 0.717) is 5.75 Å². The van der Waals surface area contributed by atoms with Gasteiger partial charge in [0.25, 0.3) is 0 Å². The summed E-state index contributed by atoms with van der Waals surface area (Å²) in [7, 11) is -2.90. The predicted molar refractivity (Wildman–Crippen MR) is 91.7 cm³/mol. The van der Waals surface area contributed by atoms with Gasteiger partial charge in [-0.2, -0.15) is 0 Å². The second kappa shape index (κ2) is 5.67. The van der Waals surface area contributed by atoms with Crippen LogP contribution in [0.2, 0.25) is 0 Å². The highest BCUT2D eigenvalue weighted by Crippen LogP contribution is 2.46. The monoisotopic (exact) mass is 317 g/mol. The highest BCUT2D eigenvalue weighted by Gasteiger charge is 2.44. The Bertz CT molecular complexity index is 779. The van der Waals surface area contributed by atoms with Gasteiger partial charge < -0.3 is 5.32 Å². The molecule has 1 aliphatic carbocycles. The fourth-order valence-electron chi connectivity index (χ4n) is 3.07. The van der Waals surface area contributed by atoms with Gasteiger partial charge in [0, 0.05) is 18.8 Å². The number of benzene rings is 2. The highest BCUT2D eigenvalue weighted by molar-refractivity contribution is 7.90. The third-order valence-corrected chi connectivity index (χ3v) is 5.72. The number of hydrogen-bond donors (Lipinski definition) is 1. The van der Waals surface area contributed by atoms with Gasteiger partial charge in [-0.05, 0) is 47.6 Å². The summed E-state index contributed by atoms with van der Waals surface area (Å²) in [6.45, 7) is 2.91. The molecule has 22 heavy (non-hydrogen) atoms. The van der Waals surface area contributed by atoms with Crippen molar-refractivity contribution in [2.45, 2.75) is 25.8 Å². The van der Waals surface area contributed by atoms with Crippen LogP contribution in [-0.2, 0) is 9.84 Å². The molecule has 0 radical (unpaired) electrons. The molecule has 0 spiro atoms. The van der Waals surface area contributed by atoms with Crippen LogP contribution in [0.25, 0.3) is 10.8 Å². The molecular formula is C18H23NO2S. The fourth-order valence-corrected chi connectivity index (χ4v) is 4.57. The molecular weight excluding hydrogens is 294 g/mol. The smallest absolute Gasteiger partial charge is 0.148 e. The van der Waals surface area contributed by atoms with Crippen LogP contribution in [0.4, 0.5) is 0 Å². The molecule has 118 valence electrons. The van der Waals surface area contributed by atoms with Gasteiger partial charge in [-0.3, -0.25) is 0 Å². The molecule has 4 heteroatoms. The average Bonchev–Trinajstić information content (AvgIpc) is 3.22. The Balaban J connectivity index is 1.67. The molecule has 0 aliphatic heterocycles. The Kier molecular flexibility index (Phi) is 4.00. The minimum Gasteiger partial charge on any atom is -0.310 e. The lowest BCUT2D eigenvalue weighted by molar-refractivity contribution is 0.455. The minimum atomic E-state index is -2.90. The standard InChI is InChI=1S/C18H23NO2S/c1-14(19-12-18(9-10-18)13-22(2,20)21)16-8-7-15-5-3-4-6-17(15)11-16/h3-8,11,14,19H,9-10,12-13H2,1-2H3/t14-/m1/s1. The SMILES string of the molecule is C[C@@H](NCC1(CS(C)(=O)=O)CC1)c1ccc2ccccc2c1. The van der Waals surface area contributed by atoms with E-state index in [4.69, 9.17) is 0 Å². The first-order valence-electron chi connectivity index (χ1n) is 7.77. The molecule has 1 atom stereocenters. The van der Waals surface area contributed by atoms with Crippen molar-refractivity contribution in [3.8, 4) is 0 Å². The van der Waals surface area contributed by atoms with Crippen molar-refractivity contribution in [2.75, 3.05) is 18.6 Å². The van der Waals surface area contributed by atoms with Crippen LogP contribution in [-0.4, -0.2) is 27.0 Å². The van der Waals surface area contributed by atoms with Gasteiger partial charge in [0.2, 0.25) is 0 Å². The van der Waals surface area contributed by atoms with Crippen molar-refractivity contribution < 1.29 is 8.42 Å². The van der Waals surface area contributed by atoms with Gasteiger partial charge in [-0.15, -0.1) is 0 Å². The first-order valence-corrected chi connectivity index (χ1v) is 9.83. The maximum absolute atomic E-state index is 11.5. The van der Waals surface area contributed by atoms with Gasteiger partial charge in [-0.1, -0.05) is 36.4 Å². The molecule has 1 fully saturated rings. The third-order valence-electron chi connectivity index (χ3n) is 4.58. The van der Waals surface area contributed by atoms with Crippen molar-refractivity contribution in [3.05, 3.63) is 48.0 Å². The van der Waals surface area contributed by atoms with Crippen LogP contribution in [0, 0.1) is 5.41 Å².